The monoisotopic (exact) mass is 477 g/mol. The van der Waals surface area contributed by atoms with Gasteiger partial charge in [-0.1, -0.05) is 26.2 Å². The molecule has 3 aromatic heterocycles. The Labute approximate surface area is 196 Å². The first kappa shape index (κ1) is 24.2. The molecule has 1 aliphatic heterocycles. The Kier molecular flexibility index (Phi) is 7.23. The van der Waals surface area contributed by atoms with E-state index in [4.69, 9.17) is 4.42 Å². The smallest absolute Gasteiger partial charge is 0.391 e. The molecule has 2 atom stereocenters. The number of rotatable bonds is 2. The number of carbonyl (C=O) groups is 1. The molecule has 184 valence electrons. The van der Waals surface area contributed by atoms with Gasteiger partial charge < -0.3 is 9.32 Å². The number of aryl methyl sites for hydroxylation is 1. The normalized spacial score (nSPS) is 21.9. The minimum atomic E-state index is -3.93. The van der Waals surface area contributed by atoms with Crippen molar-refractivity contribution < 1.29 is 22.4 Å². The summed E-state index contributed by atoms with van der Waals surface area (Å²) in [4.78, 5) is 22.9. The maximum Gasteiger partial charge on any atom is 0.391 e. The molecule has 7 nitrogen and oxygen atoms in total. The van der Waals surface area contributed by atoms with Gasteiger partial charge in [-0.15, -0.1) is 0 Å². The number of likely N-dealkylation sites (tertiary alicyclic amines) is 1. The predicted octanol–water partition coefficient (Wildman–Crippen LogP) is 5.42. The summed E-state index contributed by atoms with van der Waals surface area (Å²) in [7, 11) is 0. The molecule has 5 rings (SSSR count). The summed E-state index contributed by atoms with van der Waals surface area (Å²) in [5, 5.41) is 4.41. The fourth-order valence-corrected chi connectivity index (χ4v) is 4.88. The van der Waals surface area contributed by atoms with Crippen molar-refractivity contribution in [1.29, 1.82) is 0 Å². The third kappa shape index (κ3) is 5.42. The molecule has 10 heteroatoms. The number of aromatic nitrogens is 4. The summed E-state index contributed by atoms with van der Waals surface area (Å²) >= 11 is 0. The summed E-state index contributed by atoms with van der Waals surface area (Å²) in [5.74, 6) is -0.413. The number of alkyl halides is 3. The van der Waals surface area contributed by atoms with Crippen molar-refractivity contribution in [2.75, 3.05) is 13.1 Å². The van der Waals surface area contributed by atoms with Gasteiger partial charge in [0.15, 0.2) is 17.7 Å². The van der Waals surface area contributed by atoms with E-state index < -0.39 is 12.1 Å². The minimum absolute atomic E-state index is 0.0804. The van der Waals surface area contributed by atoms with Crippen LogP contribution in [0.1, 0.15) is 73.2 Å². The number of oxazole rings is 1. The maximum atomic E-state index is 12.6. The summed E-state index contributed by atoms with van der Waals surface area (Å²) in [5.41, 5.74) is 3.27. The highest BCUT2D eigenvalue weighted by atomic mass is 19.4. The average molecular weight is 478 g/mol. The average Bonchev–Trinajstić information content (AvgIpc) is 3.51. The second kappa shape index (κ2) is 10.1. The summed E-state index contributed by atoms with van der Waals surface area (Å²) in [6, 6.07) is 3.98. The van der Waals surface area contributed by atoms with E-state index >= 15 is 0 Å². The van der Waals surface area contributed by atoms with Crippen LogP contribution in [-0.4, -0.2) is 49.7 Å². The van der Waals surface area contributed by atoms with E-state index in [2.05, 4.69) is 28.1 Å². The van der Waals surface area contributed by atoms with Gasteiger partial charge in [0.1, 0.15) is 6.26 Å². The molecule has 1 amide bonds. The van der Waals surface area contributed by atoms with E-state index in [9.17, 15) is 18.0 Å². The zero-order chi connectivity index (χ0) is 24.3. The number of amides is 1. The highest BCUT2D eigenvalue weighted by molar-refractivity contribution is 5.92. The lowest BCUT2D eigenvalue weighted by atomic mass is 9.84. The van der Waals surface area contributed by atoms with Crippen LogP contribution < -0.4 is 0 Å². The molecule has 0 bridgehead atoms. The lowest BCUT2D eigenvalue weighted by Gasteiger charge is -2.37. The second-order valence-electron chi connectivity index (χ2n) is 9.30. The van der Waals surface area contributed by atoms with E-state index in [0.29, 0.717) is 31.0 Å². The highest BCUT2D eigenvalue weighted by Gasteiger charge is 2.39. The molecule has 1 saturated heterocycles. The molecule has 0 spiro atoms. The first-order valence-corrected chi connectivity index (χ1v) is 11.8. The molecule has 0 aromatic carbocycles. The number of hydrogen-bond acceptors (Lipinski definition) is 5. The zero-order valence-corrected chi connectivity index (χ0v) is 19.5. The Bertz CT molecular complexity index is 1090. The molecule has 0 radical (unpaired) electrons. The van der Waals surface area contributed by atoms with E-state index in [1.54, 1.807) is 6.20 Å². The van der Waals surface area contributed by atoms with Gasteiger partial charge >= 0.3 is 6.18 Å². The number of carbonyl (C=O) groups excluding carboxylic acids is 1. The molecule has 1 unspecified atom stereocenters. The number of halogens is 3. The van der Waals surface area contributed by atoms with Crippen LogP contribution in [0.5, 0.6) is 0 Å². The minimum Gasteiger partial charge on any atom is -0.451 e. The van der Waals surface area contributed by atoms with E-state index in [1.165, 1.54) is 12.7 Å². The lowest BCUT2D eigenvalue weighted by molar-refractivity contribution is -0.181. The van der Waals surface area contributed by atoms with Crippen molar-refractivity contribution >= 4 is 11.6 Å². The van der Waals surface area contributed by atoms with Crippen LogP contribution >= 0.6 is 0 Å². The SMILES string of the molecule is Cc1cc([C@H]2CN(C(=O)c3cocn3)CCC2C)n2nccc2n1.FC(F)(F)C1CCCCC1. The van der Waals surface area contributed by atoms with E-state index in [-0.39, 0.29) is 11.8 Å². The molecular formula is C24H30F3N5O2. The van der Waals surface area contributed by atoms with Crippen molar-refractivity contribution in [2.45, 2.75) is 64.5 Å². The Balaban J connectivity index is 0.000000231. The predicted molar refractivity (Wildman–Crippen MR) is 119 cm³/mol. The third-order valence-electron chi connectivity index (χ3n) is 6.86. The van der Waals surface area contributed by atoms with Crippen LogP contribution in [0.25, 0.3) is 5.65 Å². The van der Waals surface area contributed by atoms with Crippen LogP contribution in [0.4, 0.5) is 13.2 Å². The summed E-state index contributed by atoms with van der Waals surface area (Å²) in [6.07, 6.45) is 4.65. The highest BCUT2D eigenvalue weighted by Crippen LogP contribution is 2.37. The number of hydrogen-bond donors (Lipinski definition) is 0. The number of nitrogens with zero attached hydrogens (tertiary/aromatic N) is 5. The van der Waals surface area contributed by atoms with Gasteiger partial charge in [0.05, 0.1) is 17.8 Å². The first-order chi connectivity index (χ1) is 16.2. The van der Waals surface area contributed by atoms with Gasteiger partial charge in [0.2, 0.25) is 0 Å². The van der Waals surface area contributed by atoms with Crippen molar-refractivity contribution in [3.05, 3.63) is 48.1 Å². The van der Waals surface area contributed by atoms with Crippen molar-refractivity contribution in [2.24, 2.45) is 11.8 Å². The van der Waals surface area contributed by atoms with Crippen LogP contribution in [0.2, 0.25) is 0 Å². The zero-order valence-electron chi connectivity index (χ0n) is 19.5. The van der Waals surface area contributed by atoms with Gasteiger partial charge in [-0.2, -0.15) is 18.3 Å². The first-order valence-electron chi connectivity index (χ1n) is 11.8. The molecule has 4 heterocycles. The maximum absolute atomic E-state index is 12.6. The van der Waals surface area contributed by atoms with Gasteiger partial charge in [-0.05, 0) is 38.2 Å². The topological polar surface area (TPSA) is 76.5 Å². The Morgan fingerprint density at radius 3 is 2.59 bits per heavy atom. The molecule has 3 aromatic rings. The number of fused-ring (bicyclic) bond motifs is 1. The number of piperidine rings is 1. The van der Waals surface area contributed by atoms with Crippen molar-refractivity contribution in [3.63, 3.8) is 0 Å². The Morgan fingerprint density at radius 2 is 1.94 bits per heavy atom. The van der Waals surface area contributed by atoms with Gasteiger partial charge in [0, 0.05) is 30.8 Å². The van der Waals surface area contributed by atoms with Gasteiger partial charge in [-0.3, -0.25) is 4.79 Å². The third-order valence-corrected chi connectivity index (χ3v) is 6.86. The molecular weight excluding hydrogens is 447 g/mol. The van der Waals surface area contributed by atoms with E-state index in [0.717, 1.165) is 49.3 Å². The van der Waals surface area contributed by atoms with Gasteiger partial charge in [-0.25, -0.2) is 14.5 Å². The van der Waals surface area contributed by atoms with Crippen molar-refractivity contribution in [3.8, 4) is 0 Å². The quantitative estimate of drug-likeness (QED) is 0.493. The molecule has 1 saturated carbocycles. The van der Waals surface area contributed by atoms with Crippen LogP contribution in [0.15, 0.2) is 35.4 Å². The van der Waals surface area contributed by atoms with Crippen LogP contribution in [0, 0.1) is 18.8 Å². The Morgan fingerprint density at radius 1 is 1.18 bits per heavy atom. The lowest BCUT2D eigenvalue weighted by Crippen LogP contribution is -2.42. The van der Waals surface area contributed by atoms with Crippen molar-refractivity contribution in [1.82, 2.24) is 24.5 Å². The molecule has 0 N–H and O–H groups in total. The van der Waals surface area contributed by atoms with Crippen LogP contribution in [0.3, 0.4) is 0 Å². The fourth-order valence-electron chi connectivity index (χ4n) is 4.88. The largest absolute Gasteiger partial charge is 0.451 e. The fraction of sp³-hybridized carbons (Fsp3) is 0.583. The Hall–Kier alpha value is -2.91. The summed E-state index contributed by atoms with van der Waals surface area (Å²) < 4.78 is 42.7. The second-order valence-corrected chi connectivity index (χ2v) is 9.30. The summed E-state index contributed by atoms with van der Waals surface area (Å²) in [6.45, 7) is 5.59. The molecule has 2 aliphatic rings. The standard InChI is InChI=1S/C17H19N5O2.C7H11F3/c1-11-4-6-21(17(23)14-9-24-10-18-14)8-13(11)15-7-12(2)20-16-3-5-19-22(15)16;8-7(9,10)6-4-2-1-3-5-6/h3,5,7,9-11,13H,4,6,8H2,1-2H3;6H,1-5H2/t11?,13-;/m0./s1. The van der Waals surface area contributed by atoms with Gasteiger partial charge in [0.25, 0.3) is 5.91 Å². The molecule has 34 heavy (non-hydrogen) atoms. The van der Waals surface area contributed by atoms with E-state index in [1.807, 2.05) is 22.4 Å². The molecule has 2 fully saturated rings. The van der Waals surface area contributed by atoms with Crippen LogP contribution in [-0.2, 0) is 0 Å². The molecule has 1 aliphatic carbocycles.